The minimum Gasteiger partial charge on any atom is -0.307 e. The largest absolute Gasteiger partial charge is 0.307 e. The fourth-order valence-corrected chi connectivity index (χ4v) is 2.49. The van der Waals surface area contributed by atoms with Crippen LogP contribution in [0.5, 0.6) is 0 Å². The zero-order valence-electron chi connectivity index (χ0n) is 9.22. The van der Waals surface area contributed by atoms with Crippen molar-refractivity contribution in [2.24, 2.45) is 0 Å². The van der Waals surface area contributed by atoms with Crippen LogP contribution in [0.4, 0.5) is 4.39 Å². The van der Waals surface area contributed by atoms with E-state index < -0.39 is 0 Å². The Bertz CT molecular complexity index is 312. The molecule has 1 unspecified atom stereocenters. The van der Waals surface area contributed by atoms with Crippen molar-refractivity contribution in [1.82, 2.24) is 5.32 Å². The average molecular weight is 207 g/mol. The van der Waals surface area contributed by atoms with Crippen molar-refractivity contribution in [3.63, 3.8) is 0 Å². The van der Waals surface area contributed by atoms with Crippen LogP contribution in [0.3, 0.4) is 0 Å². The highest BCUT2D eigenvalue weighted by Crippen LogP contribution is 2.33. The maximum atomic E-state index is 12.9. The van der Waals surface area contributed by atoms with Crippen molar-refractivity contribution in [2.45, 2.75) is 38.1 Å². The van der Waals surface area contributed by atoms with Gasteiger partial charge < -0.3 is 5.32 Å². The third kappa shape index (κ3) is 2.05. The summed E-state index contributed by atoms with van der Waals surface area (Å²) in [4.78, 5) is 0. The first-order valence-corrected chi connectivity index (χ1v) is 5.78. The van der Waals surface area contributed by atoms with E-state index in [1.54, 1.807) is 12.1 Å². The van der Waals surface area contributed by atoms with E-state index in [2.05, 4.69) is 12.2 Å². The van der Waals surface area contributed by atoms with Crippen LogP contribution < -0.4 is 5.32 Å². The molecule has 82 valence electrons. The van der Waals surface area contributed by atoms with Gasteiger partial charge in [0, 0.05) is 5.54 Å². The molecule has 1 saturated heterocycles. The molecule has 2 rings (SSSR count). The Morgan fingerprint density at radius 1 is 1.27 bits per heavy atom. The van der Waals surface area contributed by atoms with E-state index in [-0.39, 0.29) is 11.4 Å². The van der Waals surface area contributed by atoms with Crippen LogP contribution >= 0.6 is 0 Å². The highest BCUT2D eigenvalue weighted by atomic mass is 19.1. The Kier molecular flexibility index (Phi) is 3.06. The van der Waals surface area contributed by atoms with Crippen molar-refractivity contribution in [3.05, 3.63) is 35.6 Å². The smallest absolute Gasteiger partial charge is 0.123 e. The number of benzene rings is 1. The molecule has 2 heteroatoms. The van der Waals surface area contributed by atoms with Gasteiger partial charge in [-0.2, -0.15) is 0 Å². The summed E-state index contributed by atoms with van der Waals surface area (Å²) in [6, 6.07) is 6.94. The quantitative estimate of drug-likeness (QED) is 0.785. The predicted octanol–water partition coefficient (Wildman–Crippen LogP) is 3.20. The minimum absolute atomic E-state index is 0.0892. The van der Waals surface area contributed by atoms with Gasteiger partial charge >= 0.3 is 0 Å². The molecule has 1 nitrogen and oxygen atoms in total. The zero-order valence-corrected chi connectivity index (χ0v) is 9.22. The number of halogens is 1. The Hall–Kier alpha value is -0.890. The van der Waals surface area contributed by atoms with Crippen LogP contribution in [-0.2, 0) is 5.54 Å². The zero-order chi connectivity index (χ0) is 10.7. The van der Waals surface area contributed by atoms with E-state index in [4.69, 9.17) is 0 Å². The van der Waals surface area contributed by atoms with Gasteiger partial charge in [0.15, 0.2) is 0 Å². The van der Waals surface area contributed by atoms with Crippen LogP contribution in [0.15, 0.2) is 24.3 Å². The molecule has 0 aromatic heterocycles. The van der Waals surface area contributed by atoms with E-state index in [0.717, 1.165) is 19.4 Å². The van der Waals surface area contributed by atoms with Gasteiger partial charge in [-0.1, -0.05) is 25.5 Å². The average Bonchev–Trinajstić information content (AvgIpc) is 2.31. The van der Waals surface area contributed by atoms with Crippen molar-refractivity contribution >= 4 is 0 Å². The van der Waals surface area contributed by atoms with Gasteiger partial charge in [-0.15, -0.1) is 0 Å². The second kappa shape index (κ2) is 4.31. The van der Waals surface area contributed by atoms with Gasteiger partial charge in [0.05, 0.1) is 0 Å². The van der Waals surface area contributed by atoms with Crippen LogP contribution in [0.25, 0.3) is 0 Å². The molecule has 15 heavy (non-hydrogen) atoms. The monoisotopic (exact) mass is 207 g/mol. The van der Waals surface area contributed by atoms with E-state index >= 15 is 0 Å². The summed E-state index contributed by atoms with van der Waals surface area (Å²) in [7, 11) is 0. The van der Waals surface area contributed by atoms with E-state index in [1.165, 1.54) is 18.4 Å². The normalized spacial score (nSPS) is 26.5. The van der Waals surface area contributed by atoms with Gasteiger partial charge in [0.1, 0.15) is 5.82 Å². The third-order valence-corrected chi connectivity index (χ3v) is 3.49. The maximum Gasteiger partial charge on any atom is 0.123 e. The molecule has 1 fully saturated rings. The second-order valence-corrected chi connectivity index (χ2v) is 4.33. The molecule has 1 aromatic rings. The van der Waals surface area contributed by atoms with Gasteiger partial charge in [-0.05, 0) is 43.5 Å². The summed E-state index contributed by atoms with van der Waals surface area (Å²) < 4.78 is 12.9. The van der Waals surface area contributed by atoms with Crippen LogP contribution in [-0.4, -0.2) is 6.54 Å². The first kappa shape index (κ1) is 10.6. The van der Waals surface area contributed by atoms with E-state index in [1.807, 2.05) is 12.1 Å². The van der Waals surface area contributed by atoms with Gasteiger partial charge in [-0.3, -0.25) is 0 Å². The summed E-state index contributed by atoms with van der Waals surface area (Å²) in [6.07, 6.45) is 4.74. The third-order valence-electron chi connectivity index (χ3n) is 3.49. The molecule has 0 radical (unpaired) electrons. The Morgan fingerprint density at radius 2 is 2.00 bits per heavy atom. The lowest BCUT2D eigenvalue weighted by atomic mass is 9.80. The molecular formula is C13H18FN. The summed E-state index contributed by atoms with van der Waals surface area (Å²) in [5, 5.41) is 3.60. The first-order chi connectivity index (χ1) is 7.27. The predicted molar refractivity (Wildman–Crippen MR) is 60.2 cm³/mol. The fraction of sp³-hybridized carbons (Fsp3) is 0.538. The molecule has 0 aliphatic carbocycles. The molecule has 0 spiro atoms. The number of rotatable bonds is 2. The standard InChI is InChI=1S/C13H18FN/c1-2-13(9-3-4-10-15-13)11-5-7-12(14)8-6-11/h5-8,15H,2-4,9-10H2,1H3. The lowest BCUT2D eigenvalue weighted by Gasteiger charge is -2.38. The van der Waals surface area contributed by atoms with Gasteiger partial charge in [-0.25, -0.2) is 4.39 Å². The van der Waals surface area contributed by atoms with Gasteiger partial charge in [0.2, 0.25) is 0 Å². The van der Waals surface area contributed by atoms with Crippen LogP contribution in [0, 0.1) is 5.82 Å². The first-order valence-electron chi connectivity index (χ1n) is 5.78. The Morgan fingerprint density at radius 3 is 2.53 bits per heavy atom. The Balaban J connectivity index is 2.28. The second-order valence-electron chi connectivity index (χ2n) is 4.33. The van der Waals surface area contributed by atoms with Crippen molar-refractivity contribution in [2.75, 3.05) is 6.54 Å². The summed E-state index contributed by atoms with van der Waals surface area (Å²) >= 11 is 0. The SMILES string of the molecule is CCC1(c2ccc(F)cc2)CCCCN1. The van der Waals surface area contributed by atoms with Crippen molar-refractivity contribution in [3.8, 4) is 0 Å². The molecule has 1 heterocycles. The lowest BCUT2D eigenvalue weighted by Crippen LogP contribution is -2.45. The number of nitrogens with one attached hydrogen (secondary N) is 1. The molecule has 0 saturated carbocycles. The summed E-state index contributed by atoms with van der Waals surface area (Å²) in [5.41, 5.74) is 1.32. The van der Waals surface area contributed by atoms with E-state index in [0.29, 0.717) is 0 Å². The molecule has 0 bridgehead atoms. The number of piperidine rings is 1. The molecular weight excluding hydrogens is 189 g/mol. The van der Waals surface area contributed by atoms with E-state index in [9.17, 15) is 4.39 Å². The summed E-state index contributed by atoms with van der Waals surface area (Å²) in [5.74, 6) is -0.152. The summed E-state index contributed by atoms with van der Waals surface area (Å²) in [6.45, 7) is 3.27. The number of hydrogen-bond donors (Lipinski definition) is 1. The fourth-order valence-electron chi connectivity index (χ4n) is 2.49. The molecule has 1 N–H and O–H groups in total. The van der Waals surface area contributed by atoms with Crippen LogP contribution in [0.1, 0.15) is 38.2 Å². The molecule has 1 aliphatic heterocycles. The van der Waals surface area contributed by atoms with Crippen molar-refractivity contribution in [1.29, 1.82) is 0 Å². The molecule has 1 atom stereocenters. The van der Waals surface area contributed by atoms with Crippen LogP contribution in [0.2, 0.25) is 0 Å². The number of hydrogen-bond acceptors (Lipinski definition) is 1. The molecule has 0 amide bonds. The molecule has 1 aliphatic rings. The maximum absolute atomic E-state index is 12.9. The highest BCUT2D eigenvalue weighted by molar-refractivity contribution is 5.25. The molecule has 1 aromatic carbocycles. The Labute approximate surface area is 90.7 Å². The highest BCUT2D eigenvalue weighted by Gasteiger charge is 2.31. The van der Waals surface area contributed by atoms with Gasteiger partial charge in [0.25, 0.3) is 0 Å². The lowest BCUT2D eigenvalue weighted by molar-refractivity contribution is 0.248. The van der Waals surface area contributed by atoms with Crippen molar-refractivity contribution < 1.29 is 4.39 Å². The minimum atomic E-state index is -0.152. The topological polar surface area (TPSA) is 12.0 Å².